The summed E-state index contributed by atoms with van der Waals surface area (Å²) in [6, 6.07) is 9.51. The summed E-state index contributed by atoms with van der Waals surface area (Å²) in [5.41, 5.74) is 6.23. The Balaban J connectivity index is 0.000000621. The Bertz CT molecular complexity index is 468. The first-order chi connectivity index (χ1) is 9.33. The van der Waals surface area contributed by atoms with E-state index in [1.807, 2.05) is 30.3 Å². The van der Waals surface area contributed by atoms with E-state index in [1.54, 1.807) is 0 Å². The fraction of sp³-hybridized carbons (Fsp3) is 0.417. The van der Waals surface area contributed by atoms with Crippen LogP contribution in [0.25, 0.3) is 0 Å². The van der Waals surface area contributed by atoms with Crippen molar-refractivity contribution in [3.63, 3.8) is 0 Å². The lowest BCUT2D eigenvalue weighted by Gasteiger charge is -2.04. The van der Waals surface area contributed by atoms with Crippen LogP contribution in [0, 0.1) is 0 Å². The van der Waals surface area contributed by atoms with Crippen LogP contribution in [0.15, 0.2) is 30.3 Å². The number of hydrogen-bond donors (Lipinski definition) is 4. The summed E-state index contributed by atoms with van der Waals surface area (Å²) in [5.74, 6) is 0.0817. The van der Waals surface area contributed by atoms with Crippen LogP contribution in [0.2, 0.25) is 0 Å². The lowest BCUT2D eigenvalue weighted by atomic mass is 10.2. The average molecular weight is 304 g/mol. The largest absolute Gasteiger partial charge is 0.394 e. The first-order valence-corrected chi connectivity index (χ1v) is 7.47. The molecule has 5 N–H and O–H groups in total. The molecule has 114 valence electrons. The standard InChI is InChI=1S/C12H18N2O.H2O4S/c13-10-6-2-5-9-12(15)14-11-7-3-1-4-8-11;1-5(2,3)4/h1,3-4,7-8H,2,5-6,9-10,13H2,(H,14,15);(H2,1,2,3,4). The van der Waals surface area contributed by atoms with E-state index in [2.05, 4.69) is 5.32 Å². The molecule has 1 rings (SSSR count). The van der Waals surface area contributed by atoms with Gasteiger partial charge in [-0.2, -0.15) is 8.42 Å². The third kappa shape index (κ3) is 14.6. The quantitative estimate of drug-likeness (QED) is 0.465. The summed E-state index contributed by atoms with van der Waals surface area (Å²) in [6.45, 7) is 0.709. The number of benzene rings is 1. The summed E-state index contributed by atoms with van der Waals surface area (Å²) in [7, 11) is -4.67. The molecule has 1 aromatic carbocycles. The van der Waals surface area contributed by atoms with E-state index in [9.17, 15) is 4.79 Å². The molecular formula is C12H20N2O5S. The number of rotatable bonds is 6. The van der Waals surface area contributed by atoms with E-state index >= 15 is 0 Å². The molecule has 0 bridgehead atoms. The molecule has 0 unspecified atom stereocenters. The van der Waals surface area contributed by atoms with Crippen molar-refractivity contribution in [1.82, 2.24) is 0 Å². The predicted molar refractivity (Wildman–Crippen MR) is 76.8 cm³/mol. The van der Waals surface area contributed by atoms with Crippen LogP contribution in [0.5, 0.6) is 0 Å². The van der Waals surface area contributed by atoms with Crippen LogP contribution in [-0.2, 0) is 15.2 Å². The number of amides is 1. The van der Waals surface area contributed by atoms with Gasteiger partial charge in [-0.15, -0.1) is 0 Å². The van der Waals surface area contributed by atoms with Crippen molar-refractivity contribution >= 4 is 22.0 Å². The minimum absolute atomic E-state index is 0.0817. The zero-order valence-corrected chi connectivity index (χ0v) is 11.8. The number of para-hydroxylation sites is 1. The zero-order valence-electron chi connectivity index (χ0n) is 11.0. The van der Waals surface area contributed by atoms with Gasteiger partial charge in [-0.25, -0.2) is 0 Å². The number of anilines is 1. The average Bonchev–Trinajstić information content (AvgIpc) is 2.34. The maximum Gasteiger partial charge on any atom is 0.394 e. The second-order valence-corrected chi connectivity index (χ2v) is 4.86. The molecule has 1 amide bonds. The van der Waals surface area contributed by atoms with Gasteiger partial charge in [0, 0.05) is 12.1 Å². The van der Waals surface area contributed by atoms with Crippen LogP contribution in [0.4, 0.5) is 5.69 Å². The third-order valence-electron chi connectivity index (χ3n) is 2.17. The Hall–Kier alpha value is -1.48. The highest BCUT2D eigenvalue weighted by Crippen LogP contribution is 2.07. The minimum Gasteiger partial charge on any atom is -0.330 e. The number of carbonyl (C=O) groups excluding carboxylic acids is 1. The molecule has 7 nitrogen and oxygen atoms in total. The van der Waals surface area contributed by atoms with E-state index in [0.29, 0.717) is 13.0 Å². The van der Waals surface area contributed by atoms with Gasteiger partial charge in [0.2, 0.25) is 5.91 Å². The normalized spacial score (nSPS) is 10.3. The predicted octanol–water partition coefficient (Wildman–Crippen LogP) is 1.49. The highest BCUT2D eigenvalue weighted by atomic mass is 32.3. The lowest BCUT2D eigenvalue weighted by Crippen LogP contribution is -2.11. The van der Waals surface area contributed by atoms with Gasteiger partial charge in [-0.3, -0.25) is 13.9 Å². The maximum atomic E-state index is 11.4. The van der Waals surface area contributed by atoms with Gasteiger partial charge in [0.15, 0.2) is 0 Å². The van der Waals surface area contributed by atoms with Gasteiger partial charge in [0.1, 0.15) is 0 Å². The molecule has 0 fully saturated rings. The van der Waals surface area contributed by atoms with E-state index in [4.69, 9.17) is 23.3 Å². The second kappa shape index (κ2) is 10.3. The Labute approximate surface area is 118 Å². The Kier molecular flexibility index (Phi) is 9.56. The van der Waals surface area contributed by atoms with Gasteiger partial charge in [0.25, 0.3) is 0 Å². The molecule has 20 heavy (non-hydrogen) atoms. The summed E-state index contributed by atoms with van der Waals surface area (Å²) in [6.07, 6.45) is 3.52. The fourth-order valence-corrected chi connectivity index (χ4v) is 1.35. The van der Waals surface area contributed by atoms with Gasteiger partial charge in [0.05, 0.1) is 0 Å². The maximum absolute atomic E-state index is 11.4. The molecule has 0 radical (unpaired) electrons. The molecule has 8 heteroatoms. The monoisotopic (exact) mass is 304 g/mol. The molecule has 0 saturated heterocycles. The van der Waals surface area contributed by atoms with Crippen molar-refractivity contribution in [2.24, 2.45) is 5.73 Å². The van der Waals surface area contributed by atoms with Gasteiger partial charge < -0.3 is 11.1 Å². The first kappa shape index (κ1) is 18.5. The summed E-state index contributed by atoms with van der Waals surface area (Å²) in [5, 5.41) is 2.85. The Morgan fingerprint density at radius 3 is 2.15 bits per heavy atom. The number of nitrogens with two attached hydrogens (primary N) is 1. The van der Waals surface area contributed by atoms with E-state index in [0.717, 1.165) is 24.9 Å². The summed E-state index contributed by atoms with van der Waals surface area (Å²) < 4.78 is 31.6. The summed E-state index contributed by atoms with van der Waals surface area (Å²) >= 11 is 0. The molecule has 0 aliphatic rings. The van der Waals surface area contributed by atoms with Gasteiger partial charge in [-0.1, -0.05) is 24.6 Å². The molecule has 0 aromatic heterocycles. The highest BCUT2D eigenvalue weighted by Gasteiger charge is 2.00. The van der Waals surface area contributed by atoms with Crippen molar-refractivity contribution in [3.05, 3.63) is 30.3 Å². The van der Waals surface area contributed by atoms with Crippen LogP contribution >= 0.6 is 0 Å². The SMILES string of the molecule is NCCCCCC(=O)Nc1ccccc1.O=S(=O)(O)O. The zero-order chi connectivity index (χ0) is 15.4. The fourth-order valence-electron chi connectivity index (χ4n) is 1.35. The molecular weight excluding hydrogens is 284 g/mol. The first-order valence-electron chi connectivity index (χ1n) is 6.08. The molecule has 0 heterocycles. The number of carbonyl (C=O) groups is 1. The van der Waals surface area contributed by atoms with Crippen LogP contribution in [0.3, 0.4) is 0 Å². The van der Waals surface area contributed by atoms with Crippen LogP contribution in [-0.4, -0.2) is 30.0 Å². The van der Waals surface area contributed by atoms with Crippen molar-refractivity contribution in [3.8, 4) is 0 Å². The number of hydrogen-bond acceptors (Lipinski definition) is 4. The molecule has 0 spiro atoms. The topological polar surface area (TPSA) is 130 Å². The Morgan fingerprint density at radius 1 is 1.10 bits per heavy atom. The van der Waals surface area contributed by atoms with Gasteiger partial charge >= 0.3 is 10.4 Å². The van der Waals surface area contributed by atoms with E-state index in [1.165, 1.54) is 0 Å². The molecule has 0 atom stereocenters. The van der Waals surface area contributed by atoms with E-state index in [-0.39, 0.29) is 5.91 Å². The number of unbranched alkanes of at least 4 members (excludes halogenated alkanes) is 2. The Morgan fingerprint density at radius 2 is 1.65 bits per heavy atom. The number of nitrogens with one attached hydrogen (secondary N) is 1. The van der Waals surface area contributed by atoms with Gasteiger partial charge in [-0.05, 0) is 31.5 Å². The van der Waals surface area contributed by atoms with Crippen molar-refractivity contribution in [1.29, 1.82) is 0 Å². The highest BCUT2D eigenvalue weighted by molar-refractivity contribution is 7.79. The van der Waals surface area contributed by atoms with Crippen LogP contribution in [0.1, 0.15) is 25.7 Å². The molecule has 0 aliphatic carbocycles. The van der Waals surface area contributed by atoms with Crippen molar-refractivity contribution < 1.29 is 22.3 Å². The second-order valence-electron chi connectivity index (χ2n) is 3.96. The molecule has 0 aliphatic heterocycles. The lowest BCUT2D eigenvalue weighted by molar-refractivity contribution is -0.116. The van der Waals surface area contributed by atoms with Crippen molar-refractivity contribution in [2.45, 2.75) is 25.7 Å². The minimum atomic E-state index is -4.67. The molecule has 0 saturated carbocycles. The summed E-state index contributed by atoms with van der Waals surface area (Å²) in [4.78, 5) is 11.4. The third-order valence-corrected chi connectivity index (χ3v) is 2.17. The van der Waals surface area contributed by atoms with Crippen LogP contribution < -0.4 is 11.1 Å². The smallest absolute Gasteiger partial charge is 0.330 e. The molecule has 1 aromatic rings. The van der Waals surface area contributed by atoms with Crippen molar-refractivity contribution in [2.75, 3.05) is 11.9 Å². The van der Waals surface area contributed by atoms with E-state index < -0.39 is 10.4 Å².